The summed E-state index contributed by atoms with van der Waals surface area (Å²) in [7, 11) is -2.07. The van der Waals surface area contributed by atoms with Crippen LogP contribution in [0.25, 0.3) is 6.08 Å². The molecular weight excluding hydrogens is 403 g/mol. The molecule has 5 nitrogen and oxygen atoms in total. The van der Waals surface area contributed by atoms with Gasteiger partial charge < -0.3 is 4.90 Å². The summed E-state index contributed by atoms with van der Waals surface area (Å²) >= 11 is 0. The lowest BCUT2D eigenvalue weighted by atomic mass is 10.1. The van der Waals surface area contributed by atoms with E-state index in [0.29, 0.717) is 16.8 Å². The number of hydrogen-bond donors (Lipinski definition) is 1. The molecule has 3 aromatic carbocycles. The zero-order chi connectivity index (χ0) is 21.6. The Morgan fingerprint density at radius 2 is 1.70 bits per heavy atom. The Hall–Kier alpha value is -3.45. The van der Waals surface area contributed by atoms with Crippen molar-refractivity contribution in [3.8, 4) is 0 Å². The quantitative estimate of drug-likeness (QED) is 0.607. The van der Waals surface area contributed by atoms with Gasteiger partial charge in [-0.2, -0.15) is 0 Å². The molecule has 0 unspecified atom stereocenters. The third-order valence-electron chi connectivity index (χ3n) is 4.29. The van der Waals surface area contributed by atoms with Crippen LogP contribution in [0, 0.1) is 5.82 Å². The van der Waals surface area contributed by atoms with Gasteiger partial charge in [0, 0.05) is 24.8 Å². The van der Waals surface area contributed by atoms with Crippen LogP contribution >= 0.6 is 0 Å². The molecule has 3 rings (SSSR count). The summed E-state index contributed by atoms with van der Waals surface area (Å²) < 4.78 is 40.2. The zero-order valence-corrected chi connectivity index (χ0v) is 17.1. The molecular formula is C23H21FN2O3S. The van der Waals surface area contributed by atoms with Gasteiger partial charge in [-0.3, -0.25) is 9.52 Å². The van der Waals surface area contributed by atoms with Gasteiger partial charge in [-0.05, 0) is 53.6 Å². The van der Waals surface area contributed by atoms with Gasteiger partial charge >= 0.3 is 0 Å². The van der Waals surface area contributed by atoms with Crippen molar-refractivity contribution < 1.29 is 17.6 Å². The summed E-state index contributed by atoms with van der Waals surface area (Å²) in [6, 6.07) is 21.3. The Bertz CT molecular complexity index is 1140. The maximum Gasteiger partial charge on any atom is 0.255 e. The predicted molar refractivity (Wildman–Crippen MR) is 117 cm³/mol. The molecule has 0 atom stereocenters. The molecule has 0 aliphatic heterocycles. The molecule has 0 heterocycles. The first kappa shape index (κ1) is 21.3. The van der Waals surface area contributed by atoms with Gasteiger partial charge in [0.1, 0.15) is 5.82 Å². The molecule has 1 N–H and O–H groups in total. The standard InChI is InChI=1S/C23H21FN2O3S/c1-26(17-19-8-5-9-21(24)16-19)23(27)20-10-12-22(13-11-20)25-30(28,29)15-14-18-6-3-2-4-7-18/h2-16,25H,17H2,1H3. The van der Waals surface area contributed by atoms with Crippen LogP contribution in [0.4, 0.5) is 10.1 Å². The predicted octanol–water partition coefficient (Wildman–Crippen LogP) is 4.51. The van der Waals surface area contributed by atoms with Gasteiger partial charge in [-0.25, -0.2) is 12.8 Å². The maximum absolute atomic E-state index is 13.3. The fourth-order valence-electron chi connectivity index (χ4n) is 2.81. The first-order chi connectivity index (χ1) is 14.3. The Morgan fingerprint density at radius 3 is 2.37 bits per heavy atom. The second-order valence-electron chi connectivity index (χ2n) is 6.73. The van der Waals surface area contributed by atoms with Gasteiger partial charge in [0.15, 0.2) is 0 Å². The first-order valence-corrected chi connectivity index (χ1v) is 10.7. The molecule has 0 aliphatic carbocycles. The lowest BCUT2D eigenvalue weighted by Crippen LogP contribution is -2.26. The number of rotatable bonds is 7. The Morgan fingerprint density at radius 1 is 1.00 bits per heavy atom. The van der Waals surface area contributed by atoms with E-state index in [-0.39, 0.29) is 18.3 Å². The summed E-state index contributed by atoms with van der Waals surface area (Å²) in [5, 5.41) is 1.09. The number of nitrogens with zero attached hydrogens (tertiary/aromatic N) is 1. The SMILES string of the molecule is CN(Cc1cccc(F)c1)C(=O)c1ccc(NS(=O)(=O)C=Cc2ccccc2)cc1. The van der Waals surface area contributed by atoms with Crippen LogP contribution in [-0.2, 0) is 16.6 Å². The summed E-state index contributed by atoms with van der Waals surface area (Å²) in [5.74, 6) is -0.607. The van der Waals surface area contributed by atoms with E-state index in [4.69, 9.17) is 0 Å². The molecule has 0 bridgehead atoms. The summed E-state index contributed by atoms with van der Waals surface area (Å²) in [4.78, 5) is 14.0. The lowest BCUT2D eigenvalue weighted by Gasteiger charge is -2.17. The van der Waals surface area contributed by atoms with Crippen LogP contribution in [0.3, 0.4) is 0 Å². The van der Waals surface area contributed by atoms with Crippen LogP contribution in [0.1, 0.15) is 21.5 Å². The smallest absolute Gasteiger partial charge is 0.255 e. The highest BCUT2D eigenvalue weighted by Gasteiger charge is 2.13. The fraction of sp³-hybridized carbons (Fsp3) is 0.0870. The molecule has 0 spiro atoms. The Balaban J connectivity index is 1.63. The number of amides is 1. The van der Waals surface area contributed by atoms with E-state index in [1.807, 2.05) is 18.2 Å². The summed E-state index contributed by atoms with van der Waals surface area (Å²) in [5.41, 5.74) is 2.19. The largest absolute Gasteiger partial charge is 0.337 e. The van der Waals surface area contributed by atoms with Crippen molar-refractivity contribution in [1.82, 2.24) is 4.90 Å². The van der Waals surface area contributed by atoms with Crippen molar-refractivity contribution in [2.45, 2.75) is 6.54 Å². The normalized spacial score (nSPS) is 11.4. The fourth-order valence-corrected chi connectivity index (χ4v) is 3.68. The number of carbonyl (C=O) groups is 1. The van der Waals surface area contributed by atoms with Crippen molar-refractivity contribution in [2.24, 2.45) is 0 Å². The molecule has 0 aromatic heterocycles. The zero-order valence-electron chi connectivity index (χ0n) is 16.3. The van der Waals surface area contributed by atoms with Crippen LogP contribution < -0.4 is 4.72 Å². The molecule has 154 valence electrons. The van der Waals surface area contributed by atoms with Gasteiger partial charge in [-0.15, -0.1) is 0 Å². The minimum atomic E-state index is -3.69. The van der Waals surface area contributed by atoms with Crippen molar-refractivity contribution in [1.29, 1.82) is 0 Å². The van der Waals surface area contributed by atoms with Crippen LogP contribution in [0.15, 0.2) is 84.3 Å². The number of halogens is 1. The molecule has 30 heavy (non-hydrogen) atoms. The number of hydrogen-bond acceptors (Lipinski definition) is 3. The molecule has 0 fully saturated rings. The second kappa shape index (κ2) is 9.37. The average Bonchev–Trinajstić information content (AvgIpc) is 2.73. The van der Waals surface area contributed by atoms with E-state index < -0.39 is 10.0 Å². The van der Waals surface area contributed by atoms with Crippen molar-refractivity contribution in [3.05, 3.63) is 107 Å². The van der Waals surface area contributed by atoms with E-state index in [2.05, 4.69) is 4.72 Å². The molecule has 3 aromatic rings. The van der Waals surface area contributed by atoms with E-state index in [0.717, 1.165) is 11.0 Å². The van der Waals surface area contributed by atoms with Gasteiger partial charge in [0.2, 0.25) is 0 Å². The highest BCUT2D eigenvalue weighted by atomic mass is 32.2. The lowest BCUT2D eigenvalue weighted by molar-refractivity contribution is 0.0785. The van der Waals surface area contributed by atoms with Gasteiger partial charge in [0.25, 0.3) is 15.9 Å². The van der Waals surface area contributed by atoms with Gasteiger partial charge in [-0.1, -0.05) is 42.5 Å². The summed E-state index contributed by atoms with van der Waals surface area (Å²) in [6.07, 6.45) is 1.50. The molecule has 0 radical (unpaired) electrons. The highest BCUT2D eigenvalue weighted by molar-refractivity contribution is 7.95. The second-order valence-corrected chi connectivity index (χ2v) is 8.30. The van der Waals surface area contributed by atoms with Crippen molar-refractivity contribution in [2.75, 3.05) is 11.8 Å². The minimum absolute atomic E-state index is 0.252. The Labute approximate surface area is 175 Å². The number of anilines is 1. The number of carbonyl (C=O) groups excluding carboxylic acids is 1. The third kappa shape index (κ3) is 6.02. The van der Waals surface area contributed by atoms with E-state index in [9.17, 15) is 17.6 Å². The minimum Gasteiger partial charge on any atom is -0.337 e. The number of benzene rings is 3. The third-order valence-corrected chi connectivity index (χ3v) is 5.30. The van der Waals surface area contributed by atoms with E-state index >= 15 is 0 Å². The highest BCUT2D eigenvalue weighted by Crippen LogP contribution is 2.15. The molecule has 1 amide bonds. The molecule has 7 heteroatoms. The molecule has 0 saturated carbocycles. The number of nitrogens with one attached hydrogen (secondary N) is 1. The van der Waals surface area contributed by atoms with Crippen LogP contribution in [0.2, 0.25) is 0 Å². The monoisotopic (exact) mass is 424 g/mol. The van der Waals surface area contributed by atoms with Crippen molar-refractivity contribution >= 4 is 27.7 Å². The molecule has 0 aliphatic rings. The number of sulfonamides is 1. The van der Waals surface area contributed by atoms with Crippen LogP contribution in [-0.4, -0.2) is 26.3 Å². The van der Waals surface area contributed by atoms with E-state index in [1.165, 1.54) is 35.2 Å². The van der Waals surface area contributed by atoms with Crippen molar-refractivity contribution in [3.63, 3.8) is 0 Å². The van der Waals surface area contributed by atoms with E-state index in [1.54, 1.807) is 43.4 Å². The Kier molecular flexibility index (Phi) is 6.64. The average molecular weight is 424 g/mol. The first-order valence-electron chi connectivity index (χ1n) is 9.18. The summed E-state index contributed by atoms with van der Waals surface area (Å²) in [6.45, 7) is 0.259. The molecule has 0 saturated heterocycles. The van der Waals surface area contributed by atoms with Crippen LogP contribution in [0.5, 0.6) is 0 Å². The van der Waals surface area contributed by atoms with Gasteiger partial charge in [0.05, 0.1) is 5.41 Å². The maximum atomic E-state index is 13.3. The topological polar surface area (TPSA) is 66.5 Å².